The van der Waals surface area contributed by atoms with E-state index in [1.165, 1.54) is 0 Å². The average molecular weight is 202 g/mol. The van der Waals surface area contributed by atoms with Gasteiger partial charge in [0.1, 0.15) is 11.9 Å². The average Bonchev–Trinajstić information content (AvgIpc) is 2.77. The molecule has 1 aromatic rings. The molecule has 0 amide bonds. The molecule has 0 spiro atoms. The monoisotopic (exact) mass is 202 g/mol. The summed E-state index contributed by atoms with van der Waals surface area (Å²) in [5, 5.41) is 12.1. The molecule has 0 aliphatic heterocycles. The number of nitrogens with two attached hydrogens (primary N) is 1. The topological polar surface area (TPSA) is 74.7 Å². The molecular formula is C11H14N4. The lowest BCUT2D eigenvalue weighted by molar-refractivity contribution is 0.630. The van der Waals surface area contributed by atoms with E-state index >= 15 is 0 Å². The van der Waals surface area contributed by atoms with E-state index in [2.05, 4.69) is 24.1 Å². The van der Waals surface area contributed by atoms with E-state index in [-0.39, 0.29) is 0 Å². The summed E-state index contributed by atoms with van der Waals surface area (Å²) in [5.74, 6) is 0.733. The molecule has 1 atom stereocenters. The molecule has 1 aromatic heterocycles. The highest BCUT2D eigenvalue weighted by molar-refractivity contribution is 5.55. The van der Waals surface area contributed by atoms with Crippen LogP contribution >= 0.6 is 0 Å². The maximum absolute atomic E-state index is 8.78. The summed E-state index contributed by atoms with van der Waals surface area (Å²) >= 11 is 0. The zero-order valence-corrected chi connectivity index (χ0v) is 8.91. The molecule has 1 saturated carbocycles. The Morgan fingerprint density at radius 1 is 1.60 bits per heavy atom. The van der Waals surface area contributed by atoms with Crippen molar-refractivity contribution in [1.82, 2.24) is 4.98 Å². The molecular weight excluding hydrogens is 188 g/mol. The van der Waals surface area contributed by atoms with E-state index in [1.54, 1.807) is 6.07 Å². The summed E-state index contributed by atoms with van der Waals surface area (Å²) in [4.78, 5) is 4.14. The number of nitrogen functional groups attached to an aromatic ring is 1. The van der Waals surface area contributed by atoms with Gasteiger partial charge >= 0.3 is 0 Å². The quantitative estimate of drug-likeness (QED) is 0.766. The van der Waals surface area contributed by atoms with E-state index in [9.17, 15) is 0 Å². The highest BCUT2D eigenvalue weighted by Gasteiger charge is 2.45. The van der Waals surface area contributed by atoms with Gasteiger partial charge in [0.05, 0.1) is 5.69 Å². The molecule has 3 N–H and O–H groups in total. The second kappa shape index (κ2) is 3.13. The number of nitrogens with zero attached hydrogens (tertiary/aromatic N) is 2. The second-order valence-corrected chi connectivity index (χ2v) is 4.64. The Hall–Kier alpha value is -1.76. The van der Waals surface area contributed by atoms with Crippen LogP contribution in [0.25, 0.3) is 0 Å². The molecule has 1 aliphatic carbocycles. The summed E-state index contributed by atoms with van der Waals surface area (Å²) in [6.45, 7) is 4.40. The van der Waals surface area contributed by atoms with E-state index in [4.69, 9.17) is 11.0 Å². The van der Waals surface area contributed by atoms with Gasteiger partial charge in [-0.2, -0.15) is 5.26 Å². The lowest BCUT2D eigenvalue weighted by Crippen LogP contribution is -2.10. The Balaban J connectivity index is 2.14. The standard InChI is InChI=1S/C11H14N4/c1-11(2)5-9(11)15-10-4-3-7(13)8(6-12)14-10/h3-4,9H,5,13H2,1-2H3,(H,14,15). The fraction of sp³-hybridized carbons (Fsp3) is 0.455. The Morgan fingerprint density at radius 2 is 2.27 bits per heavy atom. The molecule has 78 valence electrons. The van der Waals surface area contributed by atoms with Gasteiger partial charge in [-0.15, -0.1) is 0 Å². The zero-order valence-electron chi connectivity index (χ0n) is 8.91. The van der Waals surface area contributed by atoms with E-state index in [0.717, 1.165) is 12.2 Å². The first-order chi connectivity index (χ1) is 7.03. The summed E-state index contributed by atoms with van der Waals surface area (Å²) in [7, 11) is 0. The summed E-state index contributed by atoms with van der Waals surface area (Å²) in [6.07, 6.45) is 1.14. The van der Waals surface area contributed by atoms with Gasteiger partial charge in [0, 0.05) is 6.04 Å². The minimum absolute atomic E-state index is 0.290. The van der Waals surface area contributed by atoms with Crippen LogP contribution in [0.2, 0.25) is 0 Å². The molecule has 0 radical (unpaired) electrons. The maximum Gasteiger partial charge on any atom is 0.165 e. The molecule has 0 aromatic carbocycles. The van der Waals surface area contributed by atoms with E-state index < -0.39 is 0 Å². The zero-order chi connectivity index (χ0) is 11.1. The lowest BCUT2D eigenvalue weighted by atomic mass is 10.2. The number of hydrogen-bond acceptors (Lipinski definition) is 4. The van der Waals surface area contributed by atoms with Gasteiger partial charge < -0.3 is 11.1 Å². The number of nitriles is 1. The van der Waals surface area contributed by atoms with Crippen molar-refractivity contribution in [2.24, 2.45) is 5.41 Å². The van der Waals surface area contributed by atoms with Gasteiger partial charge in [0.25, 0.3) is 0 Å². The molecule has 1 heterocycles. The van der Waals surface area contributed by atoms with Crippen LogP contribution in [0.15, 0.2) is 12.1 Å². The number of hydrogen-bond donors (Lipinski definition) is 2. The van der Waals surface area contributed by atoms with Crippen LogP contribution < -0.4 is 11.1 Å². The molecule has 2 rings (SSSR count). The molecule has 1 aliphatic rings. The van der Waals surface area contributed by atoms with Crippen LogP contribution in [-0.4, -0.2) is 11.0 Å². The van der Waals surface area contributed by atoms with Crippen LogP contribution in [0, 0.1) is 16.7 Å². The summed E-state index contributed by atoms with van der Waals surface area (Å²) in [5.41, 5.74) is 6.65. The first-order valence-corrected chi connectivity index (χ1v) is 4.96. The number of anilines is 2. The van der Waals surface area contributed by atoms with Crippen molar-refractivity contribution in [3.8, 4) is 6.07 Å². The van der Waals surface area contributed by atoms with Crippen LogP contribution in [0.4, 0.5) is 11.5 Å². The van der Waals surface area contributed by atoms with Crippen molar-refractivity contribution in [2.75, 3.05) is 11.1 Å². The van der Waals surface area contributed by atoms with Crippen LogP contribution in [0.3, 0.4) is 0 Å². The van der Waals surface area contributed by atoms with E-state index in [1.807, 2.05) is 12.1 Å². The van der Waals surface area contributed by atoms with Crippen LogP contribution in [0.5, 0.6) is 0 Å². The maximum atomic E-state index is 8.78. The Morgan fingerprint density at radius 3 is 2.80 bits per heavy atom. The van der Waals surface area contributed by atoms with Crippen LogP contribution in [0.1, 0.15) is 26.0 Å². The minimum atomic E-state index is 0.290. The first kappa shape index (κ1) is 9.78. The largest absolute Gasteiger partial charge is 0.396 e. The number of rotatable bonds is 2. The van der Waals surface area contributed by atoms with Crippen molar-refractivity contribution in [3.05, 3.63) is 17.8 Å². The summed E-state index contributed by atoms with van der Waals surface area (Å²) < 4.78 is 0. The van der Waals surface area contributed by atoms with Crippen molar-refractivity contribution < 1.29 is 0 Å². The number of pyridine rings is 1. The smallest absolute Gasteiger partial charge is 0.165 e. The van der Waals surface area contributed by atoms with Crippen molar-refractivity contribution in [3.63, 3.8) is 0 Å². The normalized spacial score (nSPS) is 21.8. The van der Waals surface area contributed by atoms with Gasteiger partial charge in [0.2, 0.25) is 0 Å². The Bertz CT molecular complexity index is 431. The Kier molecular flexibility index (Phi) is 2.04. The number of aromatic nitrogens is 1. The molecule has 1 fully saturated rings. The third-order valence-electron chi connectivity index (χ3n) is 2.87. The lowest BCUT2D eigenvalue weighted by Gasteiger charge is -2.07. The second-order valence-electron chi connectivity index (χ2n) is 4.64. The minimum Gasteiger partial charge on any atom is -0.396 e. The third kappa shape index (κ3) is 1.86. The summed E-state index contributed by atoms with van der Waals surface area (Å²) in [6, 6.07) is 5.95. The first-order valence-electron chi connectivity index (χ1n) is 4.96. The van der Waals surface area contributed by atoms with E-state index in [0.29, 0.717) is 22.8 Å². The van der Waals surface area contributed by atoms with Crippen molar-refractivity contribution >= 4 is 11.5 Å². The van der Waals surface area contributed by atoms with Gasteiger partial charge in [-0.05, 0) is 24.0 Å². The van der Waals surface area contributed by atoms with Crippen LogP contribution in [-0.2, 0) is 0 Å². The molecule has 4 nitrogen and oxygen atoms in total. The fourth-order valence-corrected chi connectivity index (χ4v) is 1.53. The fourth-order valence-electron chi connectivity index (χ4n) is 1.53. The molecule has 1 unspecified atom stereocenters. The van der Waals surface area contributed by atoms with Crippen molar-refractivity contribution in [1.29, 1.82) is 5.26 Å². The predicted molar refractivity (Wildman–Crippen MR) is 59.2 cm³/mol. The van der Waals surface area contributed by atoms with Crippen molar-refractivity contribution in [2.45, 2.75) is 26.3 Å². The molecule has 0 bridgehead atoms. The third-order valence-corrected chi connectivity index (χ3v) is 2.87. The van der Waals surface area contributed by atoms with Gasteiger partial charge in [-0.3, -0.25) is 0 Å². The predicted octanol–water partition coefficient (Wildman–Crippen LogP) is 1.75. The van der Waals surface area contributed by atoms with Gasteiger partial charge in [-0.25, -0.2) is 4.98 Å². The van der Waals surface area contributed by atoms with Gasteiger partial charge in [0.15, 0.2) is 5.69 Å². The highest BCUT2D eigenvalue weighted by atomic mass is 15.1. The number of nitrogens with one attached hydrogen (secondary N) is 1. The van der Waals surface area contributed by atoms with Gasteiger partial charge in [-0.1, -0.05) is 13.8 Å². The Labute approximate surface area is 89.1 Å². The molecule has 0 saturated heterocycles. The SMILES string of the molecule is CC1(C)CC1Nc1ccc(N)c(C#N)n1. The highest BCUT2D eigenvalue weighted by Crippen LogP contribution is 2.46. The molecule has 15 heavy (non-hydrogen) atoms. The molecule has 4 heteroatoms.